The molecule has 18 heavy (non-hydrogen) atoms. The third-order valence-electron chi connectivity index (χ3n) is 2.96. The van der Waals surface area contributed by atoms with E-state index in [1.54, 1.807) is 13.2 Å². The molecule has 1 amide bonds. The van der Waals surface area contributed by atoms with Crippen LogP contribution in [0.15, 0.2) is 10.6 Å². The van der Waals surface area contributed by atoms with E-state index in [-0.39, 0.29) is 11.9 Å². The average molecular weight is 253 g/mol. The van der Waals surface area contributed by atoms with Crippen LogP contribution in [0.5, 0.6) is 0 Å². The van der Waals surface area contributed by atoms with Gasteiger partial charge in [-0.1, -0.05) is 11.6 Å². The first-order valence-corrected chi connectivity index (χ1v) is 6.25. The van der Waals surface area contributed by atoms with Gasteiger partial charge in [0.2, 0.25) is 0 Å². The van der Waals surface area contributed by atoms with Crippen molar-refractivity contribution in [3.05, 3.63) is 17.5 Å². The fourth-order valence-corrected chi connectivity index (χ4v) is 2.03. The second-order valence-corrected chi connectivity index (χ2v) is 4.48. The lowest BCUT2D eigenvalue weighted by Crippen LogP contribution is -2.40. The minimum atomic E-state index is -0.185. The third kappa shape index (κ3) is 3.54. The summed E-state index contributed by atoms with van der Waals surface area (Å²) >= 11 is 0. The van der Waals surface area contributed by atoms with Crippen LogP contribution in [0, 0.1) is 0 Å². The number of nitrogens with zero attached hydrogens (tertiary/aromatic N) is 1. The van der Waals surface area contributed by atoms with Crippen LogP contribution in [0.4, 0.5) is 0 Å². The summed E-state index contributed by atoms with van der Waals surface area (Å²) in [7, 11) is 1.57. The van der Waals surface area contributed by atoms with E-state index < -0.39 is 0 Å². The van der Waals surface area contributed by atoms with Crippen molar-refractivity contribution in [1.82, 2.24) is 15.8 Å². The Hall–Kier alpha value is -1.40. The lowest BCUT2D eigenvalue weighted by atomic mass is 10.1. The molecule has 1 aromatic heterocycles. The number of hydrogen-bond donors (Lipinski definition) is 2. The average Bonchev–Trinajstić information content (AvgIpc) is 2.67. The molecule has 0 aromatic carbocycles. The number of methoxy groups -OCH3 is 1. The highest BCUT2D eigenvalue weighted by atomic mass is 16.5. The molecule has 0 bridgehead atoms. The molecule has 2 N–H and O–H groups in total. The SMILES string of the molecule is COCc1cc(C(=O)NC2CCCCNC2)no1. The highest BCUT2D eigenvalue weighted by Gasteiger charge is 2.18. The van der Waals surface area contributed by atoms with Gasteiger partial charge in [-0.05, 0) is 19.4 Å². The quantitative estimate of drug-likeness (QED) is 0.825. The van der Waals surface area contributed by atoms with E-state index in [0.717, 1.165) is 32.4 Å². The standard InChI is InChI=1S/C12H19N3O3/c1-17-8-10-6-11(15-18-10)12(16)14-9-4-2-3-5-13-7-9/h6,9,13H,2-5,7-8H2,1H3,(H,14,16). The molecule has 0 saturated carbocycles. The van der Waals surface area contributed by atoms with Gasteiger partial charge in [-0.25, -0.2) is 0 Å². The predicted molar refractivity (Wildman–Crippen MR) is 65.2 cm³/mol. The summed E-state index contributed by atoms with van der Waals surface area (Å²) in [6, 6.07) is 1.78. The molecule has 1 aliphatic heterocycles. The molecule has 0 radical (unpaired) electrons. The molecule has 2 rings (SSSR count). The molecule has 6 nitrogen and oxygen atoms in total. The Balaban J connectivity index is 1.89. The predicted octanol–water partition coefficient (Wildman–Crippen LogP) is 0.693. The van der Waals surface area contributed by atoms with Gasteiger partial charge in [-0.2, -0.15) is 0 Å². The summed E-state index contributed by atoms with van der Waals surface area (Å²) in [5, 5.41) is 10.0. The number of hydrogen-bond acceptors (Lipinski definition) is 5. The van der Waals surface area contributed by atoms with Crippen molar-refractivity contribution in [2.45, 2.75) is 31.9 Å². The molecule has 100 valence electrons. The molecule has 1 saturated heterocycles. The Morgan fingerprint density at radius 3 is 3.39 bits per heavy atom. The minimum absolute atomic E-state index is 0.169. The van der Waals surface area contributed by atoms with E-state index in [0.29, 0.717) is 18.1 Å². The first kappa shape index (κ1) is 13.0. The van der Waals surface area contributed by atoms with E-state index in [9.17, 15) is 4.79 Å². The molecule has 1 aliphatic rings. The third-order valence-corrected chi connectivity index (χ3v) is 2.96. The molecule has 1 atom stereocenters. The molecular formula is C12H19N3O3. The molecule has 0 aliphatic carbocycles. The second-order valence-electron chi connectivity index (χ2n) is 4.48. The van der Waals surface area contributed by atoms with Gasteiger partial charge >= 0.3 is 0 Å². The number of carbonyl (C=O) groups is 1. The van der Waals surface area contributed by atoms with Gasteiger partial charge in [-0.15, -0.1) is 0 Å². The zero-order valence-electron chi connectivity index (χ0n) is 10.6. The van der Waals surface area contributed by atoms with Crippen LogP contribution in [0.25, 0.3) is 0 Å². The van der Waals surface area contributed by atoms with Crippen LogP contribution in [-0.2, 0) is 11.3 Å². The summed E-state index contributed by atoms with van der Waals surface area (Å²) in [6.07, 6.45) is 3.29. The van der Waals surface area contributed by atoms with Crippen molar-refractivity contribution in [3.63, 3.8) is 0 Å². The lowest BCUT2D eigenvalue weighted by molar-refractivity contribution is 0.0925. The van der Waals surface area contributed by atoms with Crippen molar-refractivity contribution in [2.75, 3.05) is 20.2 Å². The zero-order chi connectivity index (χ0) is 12.8. The lowest BCUT2D eigenvalue weighted by Gasteiger charge is -2.14. The summed E-state index contributed by atoms with van der Waals surface area (Å²) in [5.41, 5.74) is 0.311. The summed E-state index contributed by atoms with van der Waals surface area (Å²) in [4.78, 5) is 11.9. The van der Waals surface area contributed by atoms with Crippen LogP contribution >= 0.6 is 0 Å². The van der Waals surface area contributed by atoms with Crippen molar-refractivity contribution in [3.8, 4) is 0 Å². The van der Waals surface area contributed by atoms with Crippen LogP contribution in [0.3, 0.4) is 0 Å². The molecule has 1 fully saturated rings. The van der Waals surface area contributed by atoms with Gasteiger partial charge in [-0.3, -0.25) is 4.79 Å². The van der Waals surface area contributed by atoms with E-state index in [1.807, 2.05) is 0 Å². The van der Waals surface area contributed by atoms with Crippen LogP contribution < -0.4 is 10.6 Å². The minimum Gasteiger partial charge on any atom is -0.377 e. The summed E-state index contributed by atoms with van der Waals surface area (Å²) < 4.78 is 9.90. The molecular weight excluding hydrogens is 234 g/mol. The zero-order valence-corrected chi connectivity index (χ0v) is 10.6. The fourth-order valence-electron chi connectivity index (χ4n) is 2.03. The van der Waals surface area contributed by atoms with Gasteiger partial charge in [0.05, 0.1) is 0 Å². The highest BCUT2D eigenvalue weighted by molar-refractivity contribution is 5.92. The smallest absolute Gasteiger partial charge is 0.273 e. The summed E-state index contributed by atoms with van der Waals surface area (Å²) in [6.45, 7) is 2.16. The Morgan fingerprint density at radius 1 is 1.67 bits per heavy atom. The van der Waals surface area contributed by atoms with Crippen molar-refractivity contribution in [2.24, 2.45) is 0 Å². The second kappa shape index (κ2) is 6.51. The first-order chi connectivity index (χ1) is 8.79. The number of carbonyl (C=O) groups excluding carboxylic acids is 1. The van der Waals surface area contributed by atoms with Gasteiger partial charge in [0, 0.05) is 25.8 Å². The number of rotatable bonds is 4. The Kier molecular flexibility index (Phi) is 4.72. The van der Waals surface area contributed by atoms with E-state index in [2.05, 4.69) is 15.8 Å². The van der Waals surface area contributed by atoms with Crippen LogP contribution in [-0.4, -0.2) is 37.3 Å². The van der Waals surface area contributed by atoms with Gasteiger partial charge in [0.1, 0.15) is 6.61 Å². The van der Waals surface area contributed by atoms with Gasteiger partial charge in [0.15, 0.2) is 11.5 Å². The fraction of sp³-hybridized carbons (Fsp3) is 0.667. The molecule has 0 spiro atoms. The van der Waals surface area contributed by atoms with E-state index in [4.69, 9.17) is 9.26 Å². The Bertz CT molecular complexity index is 384. The highest BCUT2D eigenvalue weighted by Crippen LogP contribution is 2.07. The topological polar surface area (TPSA) is 76.4 Å². The summed E-state index contributed by atoms with van der Waals surface area (Å²) in [5.74, 6) is 0.372. The van der Waals surface area contributed by atoms with Crippen molar-refractivity contribution < 1.29 is 14.1 Å². The van der Waals surface area contributed by atoms with Gasteiger partial charge in [0.25, 0.3) is 5.91 Å². The van der Waals surface area contributed by atoms with Crippen LogP contribution in [0.1, 0.15) is 35.5 Å². The Morgan fingerprint density at radius 2 is 2.56 bits per heavy atom. The number of aromatic nitrogens is 1. The number of amides is 1. The maximum Gasteiger partial charge on any atom is 0.273 e. The monoisotopic (exact) mass is 253 g/mol. The normalized spacial score (nSPS) is 20.4. The number of nitrogens with one attached hydrogen (secondary N) is 2. The van der Waals surface area contributed by atoms with Crippen molar-refractivity contribution in [1.29, 1.82) is 0 Å². The van der Waals surface area contributed by atoms with Crippen molar-refractivity contribution >= 4 is 5.91 Å². The van der Waals surface area contributed by atoms with E-state index in [1.165, 1.54) is 0 Å². The maximum absolute atomic E-state index is 11.9. The molecule has 1 aromatic rings. The van der Waals surface area contributed by atoms with Crippen LogP contribution in [0.2, 0.25) is 0 Å². The number of ether oxygens (including phenoxy) is 1. The molecule has 6 heteroatoms. The Labute approximate surface area is 106 Å². The largest absolute Gasteiger partial charge is 0.377 e. The first-order valence-electron chi connectivity index (χ1n) is 6.25. The molecule has 1 unspecified atom stereocenters. The molecule has 2 heterocycles. The van der Waals surface area contributed by atoms with E-state index >= 15 is 0 Å². The van der Waals surface area contributed by atoms with Gasteiger partial charge < -0.3 is 19.9 Å². The maximum atomic E-state index is 11.9.